The number of ketones is 1. The molecule has 2 aromatic carbocycles. The minimum absolute atomic E-state index is 0.153. The molecule has 0 N–H and O–H groups in total. The van der Waals surface area contributed by atoms with Crippen LogP contribution in [0, 0.1) is 10.8 Å². The molecule has 5 rings (SSSR count). The summed E-state index contributed by atoms with van der Waals surface area (Å²) in [5.74, 6) is -4.66. The maximum atomic E-state index is 14.3. The summed E-state index contributed by atoms with van der Waals surface area (Å²) in [7, 11) is 1.41. The summed E-state index contributed by atoms with van der Waals surface area (Å²) >= 11 is 0. The van der Waals surface area contributed by atoms with E-state index in [9.17, 15) is 19.2 Å². The maximum absolute atomic E-state index is 14.3. The number of fused-ring (bicyclic) bond motifs is 4. The fraction of sp³-hybridized carbons (Fsp3) is 0.433. The topological polar surface area (TPSA) is 121 Å². The first-order chi connectivity index (χ1) is 18.7. The van der Waals surface area contributed by atoms with Crippen molar-refractivity contribution in [2.24, 2.45) is 15.9 Å². The van der Waals surface area contributed by atoms with Gasteiger partial charge in [0.05, 0.1) is 13.3 Å². The Kier molecular flexibility index (Phi) is 6.28. The Balaban J connectivity index is 1.83. The van der Waals surface area contributed by atoms with Crippen molar-refractivity contribution in [2.45, 2.75) is 65.3 Å². The van der Waals surface area contributed by atoms with Crippen molar-refractivity contribution >= 4 is 29.9 Å². The second-order valence-electron chi connectivity index (χ2n) is 11.7. The Hall–Kier alpha value is -4.21. The van der Waals surface area contributed by atoms with Crippen molar-refractivity contribution in [3.8, 4) is 11.5 Å². The summed E-state index contributed by atoms with van der Waals surface area (Å²) in [6, 6.07) is 9.93. The van der Waals surface area contributed by atoms with Crippen LogP contribution in [0.1, 0.15) is 70.2 Å². The zero-order chi connectivity index (χ0) is 29.2. The Morgan fingerprint density at radius 1 is 1.00 bits per heavy atom. The number of rotatable bonds is 4. The first-order valence-corrected chi connectivity index (χ1v) is 13.0. The number of methoxy groups -OCH3 is 1. The summed E-state index contributed by atoms with van der Waals surface area (Å²) in [5.41, 5.74) is -1.09. The Bertz CT molecular complexity index is 1430. The van der Waals surface area contributed by atoms with E-state index in [1.165, 1.54) is 33.9 Å². The van der Waals surface area contributed by atoms with Crippen molar-refractivity contribution in [1.82, 2.24) is 5.01 Å². The molecule has 3 atom stereocenters. The number of carbonyl (C=O) groups is 4. The molecule has 0 aliphatic carbocycles. The number of carbonyl (C=O) groups excluding carboxylic acids is 4. The predicted molar refractivity (Wildman–Crippen MR) is 143 cm³/mol. The van der Waals surface area contributed by atoms with E-state index in [1.807, 2.05) is 18.2 Å². The molecule has 2 saturated heterocycles. The van der Waals surface area contributed by atoms with Crippen LogP contribution >= 0.6 is 0 Å². The third-order valence-electron chi connectivity index (χ3n) is 7.57. The van der Waals surface area contributed by atoms with E-state index in [0.29, 0.717) is 16.7 Å². The van der Waals surface area contributed by atoms with Gasteiger partial charge in [-0.05, 0) is 28.8 Å². The van der Waals surface area contributed by atoms with E-state index in [1.54, 1.807) is 50.2 Å². The fourth-order valence-corrected chi connectivity index (χ4v) is 5.95. The standard InChI is InChI=1S/C30H32N2O8/c1-16(33)38-20-13-12-17(14-21(20)37-7)22-23(25(34)28(2,3)4)32-24(19-11-9-8-10-18(19)15-31-32)30(22)26(35)39-29(5,6)40-27(30)36/h8-15,22-24H,1-7H3/t22-,23-,24+/m1/s1. The highest BCUT2D eigenvalue weighted by Crippen LogP contribution is 2.63. The SMILES string of the molecule is COc1cc([C@@H]2[C@H](C(=O)C(C)(C)C)N3N=Cc4ccccc4[C@H]3C23C(=O)OC(C)(C)OC3=O)ccc1OC(C)=O. The molecule has 3 aliphatic rings. The molecule has 0 saturated carbocycles. The number of nitrogens with zero attached hydrogens (tertiary/aromatic N) is 2. The van der Waals surface area contributed by atoms with E-state index in [-0.39, 0.29) is 17.3 Å². The molecular weight excluding hydrogens is 516 g/mol. The van der Waals surface area contributed by atoms with Crippen LogP contribution in [0.5, 0.6) is 11.5 Å². The van der Waals surface area contributed by atoms with Crippen molar-refractivity contribution in [2.75, 3.05) is 7.11 Å². The van der Waals surface area contributed by atoms with E-state index < -0.39 is 52.5 Å². The van der Waals surface area contributed by atoms with Crippen molar-refractivity contribution in [3.05, 3.63) is 59.2 Å². The molecule has 0 amide bonds. The first-order valence-electron chi connectivity index (χ1n) is 13.0. The van der Waals surface area contributed by atoms with Gasteiger partial charge >= 0.3 is 17.9 Å². The highest BCUT2D eigenvalue weighted by molar-refractivity contribution is 6.07. The summed E-state index contributed by atoms with van der Waals surface area (Å²) in [5, 5.41) is 6.20. The second kappa shape index (κ2) is 9.18. The third kappa shape index (κ3) is 4.04. The predicted octanol–water partition coefficient (Wildman–Crippen LogP) is 3.91. The van der Waals surface area contributed by atoms with Gasteiger partial charge in [-0.3, -0.25) is 24.2 Å². The van der Waals surface area contributed by atoms with Gasteiger partial charge in [-0.25, -0.2) is 0 Å². The average Bonchev–Trinajstić information content (AvgIpc) is 3.18. The molecule has 10 nitrogen and oxygen atoms in total. The highest BCUT2D eigenvalue weighted by atomic mass is 16.7. The monoisotopic (exact) mass is 548 g/mol. The van der Waals surface area contributed by atoms with Crippen LogP contribution in [0.25, 0.3) is 0 Å². The van der Waals surface area contributed by atoms with Crippen molar-refractivity contribution < 1.29 is 38.1 Å². The molecule has 3 aliphatic heterocycles. The normalized spacial score (nSPS) is 24.1. The van der Waals surface area contributed by atoms with Crippen LogP contribution < -0.4 is 9.47 Å². The number of hydrogen-bond donors (Lipinski definition) is 0. The van der Waals surface area contributed by atoms with E-state index in [0.717, 1.165) is 0 Å². The van der Waals surface area contributed by atoms with Gasteiger partial charge in [-0.2, -0.15) is 5.10 Å². The van der Waals surface area contributed by atoms with Crippen molar-refractivity contribution in [3.63, 3.8) is 0 Å². The summed E-state index contributed by atoms with van der Waals surface area (Å²) < 4.78 is 22.3. The molecule has 2 aromatic rings. The first kappa shape index (κ1) is 27.4. The fourth-order valence-electron chi connectivity index (χ4n) is 5.95. The number of hydrazone groups is 1. The number of hydrogen-bond acceptors (Lipinski definition) is 10. The Morgan fingerprint density at radius 2 is 1.65 bits per heavy atom. The molecule has 0 unspecified atom stereocenters. The lowest BCUT2D eigenvalue weighted by Crippen LogP contribution is -2.58. The highest BCUT2D eigenvalue weighted by Gasteiger charge is 2.75. The van der Waals surface area contributed by atoms with E-state index >= 15 is 0 Å². The molecule has 2 fully saturated rings. The zero-order valence-corrected chi connectivity index (χ0v) is 23.5. The smallest absolute Gasteiger partial charge is 0.330 e. The molecular formula is C30H32N2O8. The van der Waals surface area contributed by atoms with Crippen LogP contribution in [0.2, 0.25) is 0 Å². The number of ether oxygens (including phenoxy) is 4. The largest absolute Gasteiger partial charge is 0.493 e. The van der Waals surface area contributed by atoms with Crippen LogP contribution in [-0.4, -0.2) is 53.9 Å². The molecule has 0 radical (unpaired) electrons. The average molecular weight is 549 g/mol. The summed E-state index contributed by atoms with van der Waals surface area (Å²) in [4.78, 5) is 54.4. The molecule has 210 valence electrons. The number of cyclic esters (lactones) is 2. The molecule has 10 heteroatoms. The zero-order valence-electron chi connectivity index (χ0n) is 23.5. The van der Waals surface area contributed by atoms with E-state index in [4.69, 9.17) is 18.9 Å². The van der Waals surface area contributed by atoms with Crippen molar-refractivity contribution in [1.29, 1.82) is 0 Å². The van der Waals surface area contributed by atoms with Gasteiger partial charge in [0.15, 0.2) is 17.3 Å². The molecule has 1 spiro atoms. The second-order valence-corrected chi connectivity index (χ2v) is 11.7. The molecule has 3 heterocycles. The lowest BCUT2D eigenvalue weighted by atomic mass is 9.64. The maximum Gasteiger partial charge on any atom is 0.330 e. The van der Waals surface area contributed by atoms with Gasteiger partial charge in [-0.1, -0.05) is 51.1 Å². The minimum Gasteiger partial charge on any atom is -0.493 e. The Labute approximate surface area is 232 Å². The third-order valence-corrected chi connectivity index (χ3v) is 7.57. The van der Waals surface area contributed by atoms with Crippen LogP contribution in [0.4, 0.5) is 0 Å². The lowest BCUT2D eigenvalue weighted by Gasteiger charge is -2.44. The lowest BCUT2D eigenvalue weighted by molar-refractivity contribution is -0.254. The van der Waals surface area contributed by atoms with Gasteiger partial charge in [0, 0.05) is 32.1 Å². The van der Waals surface area contributed by atoms with Gasteiger partial charge in [0.25, 0.3) is 5.79 Å². The van der Waals surface area contributed by atoms with Crippen LogP contribution in [-0.2, 0) is 28.7 Å². The van der Waals surface area contributed by atoms with Gasteiger partial charge in [0.2, 0.25) is 5.41 Å². The quantitative estimate of drug-likeness (QED) is 0.318. The summed E-state index contributed by atoms with van der Waals surface area (Å²) in [6.07, 6.45) is 1.62. The van der Waals surface area contributed by atoms with Gasteiger partial charge < -0.3 is 18.9 Å². The molecule has 0 bridgehead atoms. The number of Topliss-reactive ketones (excluding diaryl/α,β-unsaturated/α-hetero) is 1. The number of esters is 3. The molecule has 0 aromatic heterocycles. The summed E-state index contributed by atoms with van der Waals surface area (Å²) in [6.45, 7) is 9.57. The Morgan fingerprint density at radius 3 is 2.25 bits per heavy atom. The molecule has 40 heavy (non-hydrogen) atoms. The van der Waals surface area contributed by atoms with E-state index in [2.05, 4.69) is 5.10 Å². The number of benzene rings is 2. The minimum atomic E-state index is -2.00. The van der Waals surface area contributed by atoms with Crippen LogP contribution in [0.3, 0.4) is 0 Å². The van der Waals surface area contributed by atoms with Crippen LogP contribution in [0.15, 0.2) is 47.6 Å². The van der Waals surface area contributed by atoms with Gasteiger partial charge in [-0.15, -0.1) is 0 Å². The van der Waals surface area contributed by atoms with Gasteiger partial charge in [0.1, 0.15) is 12.1 Å².